The van der Waals surface area contributed by atoms with E-state index < -0.39 is 6.04 Å². The van der Waals surface area contributed by atoms with Crippen LogP contribution in [0, 0.1) is 11.8 Å². The minimum atomic E-state index is -0.815. The number of thiazole rings is 1. The smallest absolute Gasteiger partial charge is 0.269 e. The first-order chi connectivity index (χ1) is 18.0. The van der Waals surface area contributed by atoms with Crippen molar-refractivity contribution in [1.82, 2.24) is 20.2 Å². The van der Waals surface area contributed by atoms with Crippen LogP contribution in [0.1, 0.15) is 49.1 Å². The Morgan fingerprint density at radius 1 is 1.03 bits per heavy atom. The molecule has 3 amide bonds. The number of benzene rings is 2. The van der Waals surface area contributed by atoms with Crippen LogP contribution in [0.15, 0.2) is 78.4 Å². The molecule has 9 heteroatoms. The van der Waals surface area contributed by atoms with E-state index in [1.165, 1.54) is 17.5 Å². The van der Waals surface area contributed by atoms with Gasteiger partial charge in [0.15, 0.2) is 5.13 Å². The summed E-state index contributed by atoms with van der Waals surface area (Å²) in [6.45, 7) is 0.303. The number of carbonyl (C=O) groups excluding carboxylic acids is 3. The highest BCUT2D eigenvalue weighted by atomic mass is 32.1. The Morgan fingerprint density at radius 3 is 2.51 bits per heavy atom. The van der Waals surface area contributed by atoms with Crippen molar-refractivity contribution < 1.29 is 14.4 Å². The van der Waals surface area contributed by atoms with Crippen molar-refractivity contribution in [2.24, 2.45) is 0 Å². The fraction of sp³-hybridized carbons (Fsp3) is 0.107. The van der Waals surface area contributed by atoms with E-state index in [2.05, 4.69) is 32.4 Å². The third-order valence-electron chi connectivity index (χ3n) is 5.85. The van der Waals surface area contributed by atoms with Crippen molar-refractivity contribution >= 4 is 34.2 Å². The summed E-state index contributed by atoms with van der Waals surface area (Å²) in [5.41, 5.74) is 3.67. The quantitative estimate of drug-likeness (QED) is 0.402. The van der Waals surface area contributed by atoms with Gasteiger partial charge in [0.25, 0.3) is 17.7 Å². The first-order valence-electron chi connectivity index (χ1n) is 11.4. The number of amides is 3. The van der Waals surface area contributed by atoms with Gasteiger partial charge in [0.05, 0.1) is 0 Å². The number of carbonyl (C=O) groups is 3. The van der Waals surface area contributed by atoms with Gasteiger partial charge in [-0.15, -0.1) is 11.3 Å². The molecule has 0 saturated heterocycles. The largest absolute Gasteiger partial charge is 0.354 e. The molecule has 3 heterocycles. The lowest BCUT2D eigenvalue weighted by Gasteiger charge is -2.27. The van der Waals surface area contributed by atoms with Crippen LogP contribution in [0.3, 0.4) is 0 Å². The lowest BCUT2D eigenvalue weighted by atomic mass is 10.0. The maximum absolute atomic E-state index is 13.5. The number of rotatable bonds is 5. The van der Waals surface area contributed by atoms with Crippen LogP contribution in [0.4, 0.5) is 5.13 Å². The van der Waals surface area contributed by atoms with E-state index in [1.807, 2.05) is 42.5 Å². The minimum Gasteiger partial charge on any atom is -0.354 e. The fourth-order valence-electron chi connectivity index (χ4n) is 4.05. The van der Waals surface area contributed by atoms with E-state index in [0.717, 1.165) is 5.56 Å². The summed E-state index contributed by atoms with van der Waals surface area (Å²) in [5, 5.41) is 7.61. The molecule has 4 aromatic rings. The second-order valence-corrected chi connectivity index (χ2v) is 9.10. The van der Waals surface area contributed by atoms with Gasteiger partial charge in [-0.05, 0) is 35.4 Å². The van der Waals surface area contributed by atoms with Crippen LogP contribution < -0.4 is 10.6 Å². The molecule has 0 fully saturated rings. The molecule has 1 aliphatic rings. The van der Waals surface area contributed by atoms with E-state index in [9.17, 15) is 14.4 Å². The predicted octanol–water partition coefficient (Wildman–Crippen LogP) is 3.63. The summed E-state index contributed by atoms with van der Waals surface area (Å²) in [4.78, 5) is 48.3. The second-order valence-electron chi connectivity index (χ2n) is 8.21. The Labute approximate surface area is 217 Å². The number of aromatic nitrogens is 2. The molecule has 37 heavy (non-hydrogen) atoms. The molecule has 8 nitrogen and oxygen atoms in total. The number of anilines is 1. The summed E-state index contributed by atoms with van der Waals surface area (Å²) in [5.74, 6) is 5.24. The average molecular weight is 508 g/mol. The molecule has 0 spiro atoms. The summed E-state index contributed by atoms with van der Waals surface area (Å²) >= 11 is 1.32. The number of nitrogens with one attached hydrogen (secondary N) is 2. The van der Waals surface area contributed by atoms with E-state index in [1.54, 1.807) is 41.7 Å². The van der Waals surface area contributed by atoms with Gasteiger partial charge in [-0.25, -0.2) is 9.97 Å². The van der Waals surface area contributed by atoms with E-state index in [4.69, 9.17) is 0 Å². The molecule has 2 N–H and O–H groups in total. The zero-order valence-corrected chi connectivity index (χ0v) is 20.6. The standard InChI is InChI=1S/C28H21N5O3S/c1-29-25(34)23-12-10-19(16-31-23)8-7-18-9-11-21-17-33(27(36)22(21)15-18)24(20-5-3-2-4-6-20)26(35)32-28-30-13-14-37-28/h2-6,9-16,24H,17H2,1H3,(H,29,34)(H,30,32,35)/t24-/m1/s1. The van der Waals surface area contributed by atoms with Crippen LogP contribution in [-0.2, 0) is 11.3 Å². The Kier molecular flexibility index (Phi) is 6.74. The summed E-state index contributed by atoms with van der Waals surface area (Å²) in [6.07, 6.45) is 3.15. The average Bonchev–Trinajstić information content (AvgIpc) is 3.56. The van der Waals surface area contributed by atoms with Gasteiger partial charge in [-0.3, -0.25) is 19.7 Å². The summed E-state index contributed by atoms with van der Waals surface area (Å²) in [7, 11) is 1.55. The maximum Gasteiger partial charge on any atom is 0.269 e. The van der Waals surface area contributed by atoms with Gasteiger partial charge in [0, 0.05) is 48.1 Å². The SMILES string of the molecule is CNC(=O)c1ccc(C#Cc2ccc3c(c2)C(=O)N([C@@H](C(=O)Nc2nccs2)c2ccccc2)C3)cn1. The van der Waals surface area contributed by atoms with Crippen molar-refractivity contribution in [3.8, 4) is 11.8 Å². The van der Waals surface area contributed by atoms with Gasteiger partial charge in [-0.2, -0.15) is 0 Å². The van der Waals surface area contributed by atoms with Gasteiger partial charge >= 0.3 is 0 Å². The lowest BCUT2D eigenvalue weighted by molar-refractivity contribution is -0.120. The van der Waals surface area contributed by atoms with Crippen molar-refractivity contribution in [3.05, 3.63) is 112 Å². The normalized spacial score (nSPS) is 12.8. The molecule has 0 radical (unpaired) electrons. The molecule has 5 rings (SSSR count). The Bertz CT molecular complexity index is 1520. The van der Waals surface area contributed by atoms with Crippen LogP contribution >= 0.6 is 11.3 Å². The van der Waals surface area contributed by atoms with Crippen LogP contribution in [-0.4, -0.2) is 39.6 Å². The van der Waals surface area contributed by atoms with Crippen molar-refractivity contribution in [1.29, 1.82) is 0 Å². The predicted molar refractivity (Wildman–Crippen MR) is 140 cm³/mol. The Hall–Kier alpha value is -4.81. The van der Waals surface area contributed by atoms with E-state index in [0.29, 0.717) is 39.6 Å². The first kappa shape index (κ1) is 23.9. The molecule has 1 atom stereocenters. The molecule has 0 aliphatic carbocycles. The van der Waals surface area contributed by atoms with Crippen LogP contribution in [0.25, 0.3) is 0 Å². The van der Waals surface area contributed by atoms with Crippen LogP contribution in [0.2, 0.25) is 0 Å². The Balaban J connectivity index is 1.39. The topological polar surface area (TPSA) is 104 Å². The van der Waals surface area contributed by atoms with E-state index in [-0.39, 0.29) is 17.7 Å². The molecule has 0 bridgehead atoms. The molecule has 2 aromatic carbocycles. The minimum absolute atomic E-state index is 0.238. The van der Waals surface area contributed by atoms with Crippen molar-refractivity contribution in [2.75, 3.05) is 12.4 Å². The summed E-state index contributed by atoms with van der Waals surface area (Å²) < 4.78 is 0. The number of nitrogens with zero attached hydrogens (tertiary/aromatic N) is 3. The summed E-state index contributed by atoms with van der Waals surface area (Å²) in [6, 6.07) is 17.2. The third kappa shape index (κ3) is 5.10. The molecular formula is C28H21N5O3S. The van der Waals surface area contributed by atoms with Gasteiger partial charge in [0.1, 0.15) is 11.7 Å². The maximum atomic E-state index is 13.5. The zero-order valence-electron chi connectivity index (χ0n) is 19.8. The molecular weight excluding hydrogens is 486 g/mol. The lowest BCUT2D eigenvalue weighted by Crippen LogP contribution is -2.37. The van der Waals surface area contributed by atoms with Gasteiger partial charge in [-0.1, -0.05) is 48.2 Å². The first-order valence-corrected chi connectivity index (χ1v) is 12.3. The molecule has 182 valence electrons. The second kappa shape index (κ2) is 10.4. The molecule has 0 unspecified atom stereocenters. The van der Waals surface area contributed by atoms with Crippen molar-refractivity contribution in [2.45, 2.75) is 12.6 Å². The Morgan fingerprint density at radius 2 is 1.81 bits per heavy atom. The van der Waals surface area contributed by atoms with Gasteiger partial charge in [0.2, 0.25) is 0 Å². The number of fused-ring (bicyclic) bond motifs is 1. The molecule has 0 saturated carbocycles. The van der Waals surface area contributed by atoms with E-state index >= 15 is 0 Å². The van der Waals surface area contributed by atoms with Crippen LogP contribution in [0.5, 0.6) is 0 Å². The van der Waals surface area contributed by atoms with Gasteiger partial charge < -0.3 is 10.2 Å². The number of hydrogen-bond acceptors (Lipinski definition) is 6. The molecule has 1 aliphatic heterocycles. The zero-order chi connectivity index (χ0) is 25.8. The molecule has 2 aromatic heterocycles. The van der Waals surface area contributed by atoms with Crippen molar-refractivity contribution in [3.63, 3.8) is 0 Å². The third-order valence-corrected chi connectivity index (χ3v) is 6.54. The number of hydrogen-bond donors (Lipinski definition) is 2. The number of pyridine rings is 1. The monoisotopic (exact) mass is 507 g/mol. The highest BCUT2D eigenvalue weighted by molar-refractivity contribution is 7.13. The highest BCUT2D eigenvalue weighted by Gasteiger charge is 2.37. The highest BCUT2D eigenvalue weighted by Crippen LogP contribution is 2.33. The fourth-order valence-corrected chi connectivity index (χ4v) is 4.58.